The number of benzene rings is 1. The summed E-state index contributed by atoms with van der Waals surface area (Å²) in [7, 11) is 0. The molecule has 25 heavy (non-hydrogen) atoms. The maximum Gasteiger partial charge on any atom is 0.387 e. The van der Waals surface area contributed by atoms with Crippen molar-refractivity contribution < 1.29 is 27.9 Å². The van der Waals surface area contributed by atoms with E-state index < -0.39 is 12.7 Å². The number of carbonyl (C=O) groups is 3. The fourth-order valence-corrected chi connectivity index (χ4v) is 2.72. The monoisotopic (exact) mass is 354 g/mol. The fraction of sp³-hybridized carbons (Fsp3) is 0.471. The molecule has 6 nitrogen and oxygen atoms in total. The summed E-state index contributed by atoms with van der Waals surface area (Å²) in [5, 5.41) is 2.74. The van der Waals surface area contributed by atoms with E-state index in [1.807, 2.05) is 0 Å². The lowest BCUT2D eigenvalue weighted by molar-refractivity contribution is -0.138. The molecule has 1 atom stereocenters. The Bertz CT molecular complexity index is 635. The average Bonchev–Trinajstić information content (AvgIpc) is 2.89. The van der Waals surface area contributed by atoms with E-state index in [4.69, 9.17) is 0 Å². The Morgan fingerprint density at radius 3 is 2.48 bits per heavy atom. The second-order valence-electron chi connectivity index (χ2n) is 5.63. The molecule has 1 aliphatic heterocycles. The van der Waals surface area contributed by atoms with Gasteiger partial charge in [-0.25, -0.2) is 0 Å². The highest BCUT2D eigenvalue weighted by molar-refractivity contribution is 6.02. The van der Waals surface area contributed by atoms with E-state index in [-0.39, 0.29) is 49.3 Å². The number of para-hydroxylation sites is 1. The minimum atomic E-state index is -2.96. The second kappa shape index (κ2) is 8.55. The Kier molecular flexibility index (Phi) is 6.44. The van der Waals surface area contributed by atoms with E-state index in [9.17, 15) is 23.2 Å². The molecule has 136 valence electrons. The first kappa shape index (κ1) is 18.8. The van der Waals surface area contributed by atoms with Gasteiger partial charge in [0.2, 0.25) is 17.7 Å². The molecule has 0 bridgehead atoms. The predicted molar refractivity (Wildman–Crippen MR) is 84.8 cm³/mol. The third kappa shape index (κ3) is 4.98. The summed E-state index contributed by atoms with van der Waals surface area (Å²) in [4.78, 5) is 36.3. The lowest BCUT2D eigenvalue weighted by Gasteiger charge is -2.21. The molecule has 0 aromatic heterocycles. The van der Waals surface area contributed by atoms with Gasteiger partial charge in [0.05, 0.1) is 6.04 Å². The largest absolute Gasteiger partial charge is 0.434 e. The zero-order valence-corrected chi connectivity index (χ0v) is 13.8. The van der Waals surface area contributed by atoms with Crippen LogP contribution >= 0.6 is 0 Å². The van der Waals surface area contributed by atoms with Gasteiger partial charge >= 0.3 is 6.61 Å². The first-order valence-corrected chi connectivity index (χ1v) is 8.08. The molecule has 1 fully saturated rings. The molecule has 0 saturated carbocycles. The molecule has 3 amide bonds. The number of likely N-dealkylation sites (tertiary alicyclic amines) is 1. The van der Waals surface area contributed by atoms with Gasteiger partial charge in [-0.05, 0) is 12.5 Å². The van der Waals surface area contributed by atoms with Gasteiger partial charge in [-0.15, -0.1) is 0 Å². The van der Waals surface area contributed by atoms with Crippen molar-refractivity contribution >= 4 is 17.7 Å². The van der Waals surface area contributed by atoms with E-state index in [1.54, 1.807) is 25.1 Å². The summed E-state index contributed by atoms with van der Waals surface area (Å²) in [6.07, 6.45) is 0.787. The second-order valence-corrected chi connectivity index (χ2v) is 5.63. The summed E-state index contributed by atoms with van der Waals surface area (Å²) < 4.78 is 29.5. The number of hydrogen-bond acceptors (Lipinski definition) is 4. The van der Waals surface area contributed by atoms with E-state index >= 15 is 0 Å². The standard InChI is InChI=1S/C17H20F2N2O4/c1-2-12(11-5-3-4-6-13(11)25-17(18)19)20-14(22)9-10-21-15(23)7-8-16(21)24/h3-6,12,17H,2,7-10H2,1H3,(H,20,22). The van der Waals surface area contributed by atoms with Crippen LogP contribution in [0.1, 0.15) is 44.2 Å². The zero-order valence-electron chi connectivity index (χ0n) is 13.8. The predicted octanol–water partition coefficient (Wildman–Crippen LogP) is 2.39. The number of imide groups is 1. The highest BCUT2D eigenvalue weighted by Gasteiger charge is 2.29. The van der Waals surface area contributed by atoms with Crippen molar-refractivity contribution in [2.24, 2.45) is 0 Å². The Balaban J connectivity index is 1.98. The molecular weight excluding hydrogens is 334 g/mol. The summed E-state index contributed by atoms with van der Waals surface area (Å²) in [5.41, 5.74) is 0.451. The molecule has 8 heteroatoms. The van der Waals surface area contributed by atoms with Crippen molar-refractivity contribution in [3.8, 4) is 5.75 Å². The third-order valence-electron chi connectivity index (χ3n) is 3.97. The van der Waals surface area contributed by atoms with Crippen LogP contribution in [0.15, 0.2) is 24.3 Å². The summed E-state index contributed by atoms with van der Waals surface area (Å²) >= 11 is 0. The molecule has 1 aliphatic rings. The Hall–Kier alpha value is -2.51. The topological polar surface area (TPSA) is 75.7 Å². The number of carbonyl (C=O) groups excluding carboxylic acids is 3. The van der Waals surface area contributed by atoms with Crippen molar-refractivity contribution in [1.82, 2.24) is 10.2 Å². The van der Waals surface area contributed by atoms with Crippen LogP contribution in [0.4, 0.5) is 8.78 Å². The normalized spacial score (nSPS) is 15.6. The molecule has 0 radical (unpaired) electrons. The van der Waals surface area contributed by atoms with E-state index in [1.165, 1.54) is 6.07 Å². The lowest BCUT2D eigenvalue weighted by atomic mass is 10.0. The number of nitrogens with one attached hydrogen (secondary N) is 1. The van der Waals surface area contributed by atoms with Gasteiger partial charge in [0, 0.05) is 31.4 Å². The fourth-order valence-electron chi connectivity index (χ4n) is 2.72. The van der Waals surface area contributed by atoms with Gasteiger partial charge in [-0.3, -0.25) is 19.3 Å². The van der Waals surface area contributed by atoms with Crippen LogP contribution in [0.2, 0.25) is 0 Å². The summed E-state index contributed by atoms with van der Waals surface area (Å²) in [5.74, 6) is -0.915. The van der Waals surface area contributed by atoms with Gasteiger partial charge in [-0.2, -0.15) is 8.78 Å². The van der Waals surface area contributed by atoms with Crippen molar-refractivity contribution in [3.63, 3.8) is 0 Å². The van der Waals surface area contributed by atoms with E-state index in [2.05, 4.69) is 10.1 Å². The van der Waals surface area contributed by atoms with Gasteiger partial charge in [0.1, 0.15) is 5.75 Å². The summed E-state index contributed by atoms with van der Waals surface area (Å²) in [6.45, 7) is -1.13. The van der Waals surface area contributed by atoms with Crippen LogP contribution < -0.4 is 10.1 Å². The molecular formula is C17H20F2N2O4. The van der Waals surface area contributed by atoms with Crippen molar-refractivity contribution in [3.05, 3.63) is 29.8 Å². The molecule has 0 spiro atoms. The smallest absolute Gasteiger partial charge is 0.387 e. The van der Waals surface area contributed by atoms with Crippen molar-refractivity contribution in [2.45, 2.75) is 45.3 Å². The molecule has 1 heterocycles. The van der Waals surface area contributed by atoms with Crippen LogP contribution in [0.25, 0.3) is 0 Å². The molecule has 2 rings (SSSR count). The average molecular weight is 354 g/mol. The van der Waals surface area contributed by atoms with Crippen LogP contribution in [0.5, 0.6) is 5.75 Å². The maximum absolute atomic E-state index is 12.5. The highest BCUT2D eigenvalue weighted by Crippen LogP contribution is 2.28. The first-order chi connectivity index (χ1) is 11.9. The van der Waals surface area contributed by atoms with Gasteiger partial charge in [-0.1, -0.05) is 25.1 Å². The number of rotatable bonds is 8. The zero-order chi connectivity index (χ0) is 18.4. The van der Waals surface area contributed by atoms with Crippen molar-refractivity contribution in [1.29, 1.82) is 0 Å². The molecule has 1 unspecified atom stereocenters. The lowest BCUT2D eigenvalue weighted by Crippen LogP contribution is -2.35. The number of amides is 3. The maximum atomic E-state index is 12.5. The number of ether oxygens (including phenoxy) is 1. The van der Waals surface area contributed by atoms with Crippen LogP contribution in [-0.4, -0.2) is 35.8 Å². The van der Waals surface area contributed by atoms with Crippen LogP contribution in [0, 0.1) is 0 Å². The van der Waals surface area contributed by atoms with Crippen LogP contribution in [-0.2, 0) is 14.4 Å². The van der Waals surface area contributed by atoms with Gasteiger partial charge in [0.25, 0.3) is 0 Å². The minimum Gasteiger partial charge on any atom is -0.434 e. The number of halogens is 2. The third-order valence-corrected chi connectivity index (χ3v) is 3.97. The molecule has 1 aromatic carbocycles. The molecule has 1 aromatic rings. The summed E-state index contributed by atoms with van der Waals surface area (Å²) in [6, 6.07) is 5.76. The molecule has 1 N–H and O–H groups in total. The Morgan fingerprint density at radius 2 is 1.88 bits per heavy atom. The first-order valence-electron chi connectivity index (χ1n) is 8.08. The Morgan fingerprint density at radius 1 is 1.24 bits per heavy atom. The highest BCUT2D eigenvalue weighted by atomic mass is 19.3. The van der Waals surface area contributed by atoms with Gasteiger partial charge in [0.15, 0.2) is 0 Å². The number of hydrogen-bond donors (Lipinski definition) is 1. The van der Waals surface area contributed by atoms with Gasteiger partial charge < -0.3 is 10.1 Å². The minimum absolute atomic E-state index is 0.00884. The Labute approximate surface area is 144 Å². The SMILES string of the molecule is CCC(NC(=O)CCN1C(=O)CCC1=O)c1ccccc1OC(F)F. The van der Waals surface area contributed by atoms with E-state index in [0.717, 1.165) is 4.90 Å². The molecule has 0 aliphatic carbocycles. The number of nitrogens with zero attached hydrogens (tertiary/aromatic N) is 1. The van der Waals surface area contributed by atoms with Crippen LogP contribution in [0.3, 0.4) is 0 Å². The van der Waals surface area contributed by atoms with Crippen molar-refractivity contribution in [2.75, 3.05) is 6.54 Å². The number of alkyl halides is 2. The van der Waals surface area contributed by atoms with E-state index in [0.29, 0.717) is 12.0 Å². The quantitative estimate of drug-likeness (QED) is 0.728. The molecule has 1 saturated heterocycles.